The Morgan fingerprint density at radius 2 is 0.482 bits per heavy atom. The molecule has 0 aliphatic rings. The number of benzene rings is 13. The summed E-state index contributed by atoms with van der Waals surface area (Å²) >= 11 is 0. The second-order valence-electron chi connectivity index (χ2n) is 23.2. The topological polar surface area (TPSA) is 342 Å². The molecule has 21 aromatic rings. The van der Waals surface area contributed by atoms with Crippen LogP contribution in [0.15, 0.2) is 345 Å². The van der Waals surface area contributed by atoms with Crippen molar-refractivity contribution in [2.75, 3.05) is 0 Å². The first-order valence-corrected chi connectivity index (χ1v) is 32.6. The summed E-state index contributed by atoms with van der Waals surface area (Å²) in [5, 5.41) is 107. The first kappa shape index (κ1) is 91.1. The molecule has 0 aliphatic heterocycles. The molecule has 0 amide bonds. The first-order valence-electron chi connectivity index (χ1n) is 32.6. The Balaban J connectivity index is 0.000000202. The molecule has 0 spiro atoms. The second-order valence-corrected chi connectivity index (χ2v) is 23.2. The van der Waals surface area contributed by atoms with Gasteiger partial charge in [0.05, 0.1) is 33.1 Å². The average molecular weight is 1720 g/mol. The van der Waals surface area contributed by atoms with Crippen LogP contribution in [0.4, 0.5) is 0 Å². The number of fused-ring (bicyclic) bond motifs is 12. The third-order valence-corrected chi connectivity index (χ3v) is 16.5. The summed E-state index contributed by atoms with van der Waals surface area (Å²) in [7, 11) is 0. The van der Waals surface area contributed by atoms with E-state index in [9.17, 15) is 40.9 Å². The minimum atomic E-state index is -0.0914. The molecule has 0 atom stereocenters. The molecule has 0 fully saturated rings. The van der Waals surface area contributed by atoms with Crippen LogP contribution in [0.1, 0.15) is 0 Å². The van der Waals surface area contributed by atoms with E-state index >= 15 is 0 Å². The Labute approximate surface area is 722 Å². The van der Waals surface area contributed by atoms with E-state index in [-0.39, 0.29) is 172 Å². The molecular formula is C84H53AlBe3GaN9O13Zn3+10. The number of aromatic nitrogens is 9. The van der Waals surface area contributed by atoms with Crippen LogP contribution in [0.3, 0.4) is 0 Å². The van der Waals surface area contributed by atoms with Gasteiger partial charge in [0.1, 0.15) is 76.7 Å². The smallest absolute Gasteiger partial charge is 0.871 e. The molecule has 0 saturated heterocycles. The van der Waals surface area contributed by atoms with Gasteiger partial charge in [-0.05, 0) is 84.9 Å². The molecule has 0 aliphatic carbocycles. The van der Waals surface area contributed by atoms with E-state index in [1.54, 1.807) is 85.7 Å². The summed E-state index contributed by atoms with van der Waals surface area (Å²) in [6.45, 7) is 0. The van der Waals surface area contributed by atoms with Gasteiger partial charge in [-0.1, -0.05) is 262 Å². The number of imidazole rings is 3. The molecular weight excluding hydrogens is 1660 g/mol. The third kappa shape index (κ3) is 20.5. The SMILES string of the molecule is [Al+3].[Be+2].[Be+2].[Be+2].[Ga+3].[O-]c1cccc2c1ncn2-c1ccccc1.[O-]c1cccc2c1ncn2-c1ccccc1.[O-]c1cccc2c1ncn2-c1ccccc1.[O-]c1cccc2c1oc1ccccc12.[O-]c1cccc2c1oc1ccccc12.[O-]c1cccc2conc12.[O-]c1cccc2conc12.[O-]c1cccc2conc12.[Zn+2].[Zn+2].[Zn+2]. The van der Waals surface area contributed by atoms with E-state index in [4.69, 9.17) is 8.83 Å². The van der Waals surface area contributed by atoms with Gasteiger partial charge in [-0.15, -0.1) is 0 Å². The zero-order valence-electron chi connectivity index (χ0n) is 60.8. The van der Waals surface area contributed by atoms with Gasteiger partial charge in [-0.25, -0.2) is 15.0 Å². The van der Waals surface area contributed by atoms with Crippen molar-refractivity contribution >= 4 is 177 Å². The van der Waals surface area contributed by atoms with Crippen molar-refractivity contribution in [2.24, 2.45) is 0 Å². The zero-order chi connectivity index (χ0) is 72.9. The van der Waals surface area contributed by atoms with E-state index in [0.717, 1.165) is 82.5 Å². The van der Waals surface area contributed by atoms with Crippen LogP contribution in [0, 0.1) is 0 Å². The minimum Gasteiger partial charge on any atom is -0.871 e. The Morgan fingerprint density at radius 3 is 0.772 bits per heavy atom. The normalized spacial score (nSPS) is 10.0. The van der Waals surface area contributed by atoms with Crippen LogP contribution < -0.4 is 40.9 Å². The molecule has 22 nitrogen and oxygen atoms in total. The summed E-state index contributed by atoms with van der Waals surface area (Å²) in [6, 6.07) is 85.6. The van der Waals surface area contributed by atoms with Gasteiger partial charge < -0.3 is 63.3 Å². The summed E-state index contributed by atoms with van der Waals surface area (Å²) in [5.74, 6) is -0.493. The standard InChI is InChI=1S/3C13H10N2O.2C12H8O2.3C7H5NO2.Al.3Be.Ga.3Zn/c3*16-12-8-4-7-11-13(12)14-9-15(11)10-5-2-1-3-6-10;2*13-10-6-3-5-9-8-4-1-2-7-11(8)14-12(9)10;3*9-6-3-1-2-5-4-10-8-7(5)6;;;;;;;;/h3*1-9,16H;2*1-7,13H;3*1-4,9H;;;;;;;;/q;;;;;;;;+3;3*+2;+3;3*+2/p-8. The van der Waals surface area contributed by atoms with Crippen molar-refractivity contribution in [2.45, 2.75) is 0 Å². The fourth-order valence-corrected chi connectivity index (χ4v) is 11.5. The minimum absolute atomic E-state index is 0. The third-order valence-electron chi connectivity index (χ3n) is 16.5. The predicted molar refractivity (Wildman–Crippen MR) is 417 cm³/mol. The van der Waals surface area contributed by atoms with E-state index in [1.807, 2.05) is 184 Å². The molecule has 30 heteroatoms. The summed E-state index contributed by atoms with van der Waals surface area (Å²) in [6.07, 6.45) is 9.41. The fraction of sp³-hybridized carbons (Fsp3) is 0. The molecule has 21 rings (SSSR count). The quantitative estimate of drug-likeness (QED) is 0.148. The number of para-hydroxylation sites is 10. The summed E-state index contributed by atoms with van der Waals surface area (Å²) in [5.41, 5.74) is 10.8. The summed E-state index contributed by atoms with van der Waals surface area (Å²) in [4.78, 5) is 12.4. The van der Waals surface area contributed by atoms with E-state index in [2.05, 4.69) is 44.0 Å². The average Bonchev–Trinajstić information content (AvgIpc) is 1.64. The van der Waals surface area contributed by atoms with E-state index in [1.165, 1.54) is 67.3 Å². The van der Waals surface area contributed by atoms with Crippen molar-refractivity contribution in [3.05, 3.63) is 323 Å². The zero-order valence-corrected chi connectivity index (χ0v) is 73.3. The Hall–Kier alpha value is -11.8. The van der Waals surface area contributed by atoms with Crippen molar-refractivity contribution in [3.63, 3.8) is 0 Å². The first-order chi connectivity index (χ1) is 51.9. The maximum atomic E-state index is 11.5. The van der Waals surface area contributed by atoms with Crippen molar-refractivity contribution < 1.29 is 122 Å². The number of furan rings is 2. The molecule has 8 aromatic heterocycles. The molecule has 0 bridgehead atoms. The van der Waals surface area contributed by atoms with Crippen LogP contribution >= 0.6 is 0 Å². The molecule has 0 N–H and O–H groups in total. The van der Waals surface area contributed by atoms with E-state index in [0.29, 0.717) is 44.3 Å². The number of hydrogen-bond acceptors (Lipinski definition) is 19. The molecule has 0 saturated carbocycles. The molecule has 13 aromatic carbocycles. The van der Waals surface area contributed by atoms with Gasteiger partial charge in [-0.2, -0.15) is 0 Å². The predicted octanol–water partition coefficient (Wildman–Crippen LogP) is 12.4. The van der Waals surface area contributed by atoms with Crippen LogP contribution in [0.5, 0.6) is 46.0 Å². The van der Waals surface area contributed by atoms with Crippen LogP contribution in [-0.4, -0.2) is 112 Å². The second kappa shape index (κ2) is 42.7. The van der Waals surface area contributed by atoms with Crippen LogP contribution in [0.25, 0.3) is 127 Å². The van der Waals surface area contributed by atoms with Crippen molar-refractivity contribution in [1.29, 1.82) is 0 Å². The maximum Gasteiger partial charge on any atom is 3.00 e. The molecule has 0 unspecified atom stereocenters. The van der Waals surface area contributed by atoms with Gasteiger partial charge in [0, 0.05) is 54.8 Å². The van der Waals surface area contributed by atoms with Gasteiger partial charge in [0.15, 0.2) is 0 Å². The number of rotatable bonds is 3. The molecule has 8 heterocycles. The fourth-order valence-electron chi connectivity index (χ4n) is 11.5. The number of hydrogen-bond donors (Lipinski definition) is 0. The Morgan fingerprint density at radius 1 is 0.246 bits per heavy atom. The van der Waals surface area contributed by atoms with E-state index < -0.39 is 0 Å². The van der Waals surface area contributed by atoms with Crippen molar-refractivity contribution in [1.82, 2.24) is 44.1 Å². The Kier molecular flexibility index (Phi) is 34.2. The van der Waals surface area contributed by atoms with Gasteiger partial charge in [0.25, 0.3) is 0 Å². The molecule has 520 valence electrons. The van der Waals surface area contributed by atoms with Gasteiger partial charge >= 0.3 is 126 Å². The number of nitrogens with zero attached hydrogens (tertiary/aromatic N) is 9. The monoisotopic (exact) mass is 1710 g/mol. The van der Waals surface area contributed by atoms with Gasteiger partial charge in [0.2, 0.25) is 0 Å². The maximum absolute atomic E-state index is 11.5. The summed E-state index contributed by atoms with van der Waals surface area (Å²) < 4.78 is 30.5. The van der Waals surface area contributed by atoms with Crippen LogP contribution in [0.2, 0.25) is 0 Å². The largest absolute Gasteiger partial charge is 3.00 e. The van der Waals surface area contributed by atoms with Crippen LogP contribution in [-0.2, 0) is 58.4 Å². The molecule has 0 radical (unpaired) electrons. The Bertz CT molecular complexity index is 6000. The van der Waals surface area contributed by atoms with Gasteiger partial charge in [-0.3, -0.25) is 13.7 Å². The molecule has 114 heavy (non-hydrogen) atoms. The van der Waals surface area contributed by atoms with Crippen molar-refractivity contribution in [3.8, 4) is 63.1 Å².